The number of nitrogens with zero attached hydrogens (tertiary/aromatic N) is 1. The second kappa shape index (κ2) is 4.09. The van der Waals surface area contributed by atoms with Crippen molar-refractivity contribution in [1.29, 1.82) is 0 Å². The van der Waals surface area contributed by atoms with E-state index >= 15 is 0 Å². The van der Waals surface area contributed by atoms with E-state index in [9.17, 15) is 0 Å². The Hall–Kier alpha value is -1.35. The number of nitrogens with one attached hydrogen (secondary N) is 2. The van der Waals surface area contributed by atoms with Crippen molar-refractivity contribution in [3.8, 4) is 0 Å². The van der Waals surface area contributed by atoms with Crippen molar-refractivity contribution < 1.29 is 0 Å². The third kappa shape index (κ3) is 1.83. The lowest BCUT2D eigenvalue weighted by Crippen LogP contribution is -2.38. The molecule has 3 nitrogen and oxygen atoms in total. The van der Waals surface area contributed by atoms with Crippen molar-refractivity contribution in [1.82, 2.24) is 15.3 Å². The fourth-order valence-corrected chi connectivity index (χ4v) is 3.72. The Labute approximate surface area is 107 Å². The van der Waals surface area contributed by atoms with Gasteiger partial charge in [0.25, 0.3) is 0 Å². The number of hydrogen-bond donors (Lipinski definition) is 2. The molecule has 0 aliphatic carbocycles. The molecule has 18 heavy (non-hydrogen) atoms. The van der Waals surface area contributed by atoms with Gasteiger partial charge in [-0.05, 0) is 43.7 Å². The van der Waals surface area contributed by atoms with Crippen LogP contribution in [0.2, 0.25) is 0 Å². The molecule has 4 rings (SSSR count). The van der Waals surface area contributed by atoms with Crippen molar-refractivity contribution in [3.63, 3.8) is 0 Å². The van der Waals surface area contributed by atoms with Crippen LogP contribution in [0.15, 0.2) is 24.3 Å². The molecule has 2 atom stereocenters. The number of para-hydroxylation sites is 2. The third-order valence-corrected chi connectivity index (χ3v) is 4.49. The van der Waals surface area contributed by atoms with E-state index in [0.29, 0.717) is 0 Å². The Morgan fingerprint density at radius 1 is 1.11 bits per heavy atom. The summed E-state index contributed by atoms with van der Waals surface area (Å²) in [5.74, 6) is 1.98. The van der Waals surface area contributed by atoms with Crippen LogP contribution in [-0.2, 0) is 6.42 Å². The van der Waals surface area contributed by atoms with Gasteiger partial charge in [-0.2, -0.15) is 0 Å². The van der Waals surface area contributed by atoms with E-state index < -0.39 is 0 Å². The molecule has 1 aromatic carbocycles. The second-order valence-electron chi connectivity index (χ2n) is 5.88. The lowest BCUT2D eigenvalue weighted by molar-refractivity contribution is 0.295. The van der Waals surface area contributed by atoms with Crippen LogP contribution < -0.4 is 5.32 Å². The molecule has 0 saturated carbocycles. The molecule has 1 aromatic heterocycles. The highest BCUT2D eigenvalue weighted by atomic mass is 15.0. The maximum atomic E-state index is 4.70. The largest absolute Gasteiger partial charge is 0.342 e. The fraction of sp³-hybridized carbons (Fsp3) is 0.533. The smallest absolute Gasteiger partial charge is 0.107 e. The van der Waals surface area contributed by atoms with Gasteiger partial charge in [0.05, 0.1) is 11.0 Å². The van der Waals surface area contributed by atoms with Gasteiger partial charge in [-0.3, -0.25) is 0 Å². The molecule has 2 unspecified atom stereocenters. The van der Waals surface area contributed by atoms with E-state index in [-0.39, 0.29) is 0 Å². The summed E-state index contributed by atoms with van der Waals surface area (Å²) < 4.78 is 0. The van der Waals surface area contributed by atoms with E-state index in [2.05, 4.69) is 34.6 Å². The Kier molecular flexibility index (Phi) is 2.40. The first-order valence-corrected chi connectivity index (χ1v) is 7.06. The minimum Gasteiger partial charge on any atom is -0.342 e. The van der Waals surface area contributed by atoms with E-state index in [4.69, 9.17) is 4.98 Å². The van der Waals surface area contributed by atoms with Gasteiger partial charge in [0, 0.05) is 18.5 Å². The van der Waals surface area contributed by atoms with Crippen LogP contribution in [0.5, 0.6) is 0 Å². The van der Waals surface area contributed by atoms with E-state index in [1.165, 1.54) is 37.0 Å². The van der Waals surface area contributed by atoms with Crippen molar-refractivity contribution in [2.24, 2.45) is 5.92 Å². The van der Waals surface area contributed by atoms with Crippen LogP contribution in [-0.4, -0.2) is 22.1 Å². The van der Waals surface area contributed by atoms with Gasteiger partial charge in [0.15, 0.2) is 0 Å². The molecule has 2 N–H and O–H groups in total. The molecule has 3 heteroatoms. The lowest BCUT2D eigenvalue weighted by Gasteiger charge is -2.28. The van der Waals surface area contributed by atoms with Gasteiger partial charge in [-0.1, -0.05) is 12.1 Å². The van der Waals surface area contributed by atoms with E-state index in [1.807, 2.05) is 0 Å². The predicted octanol–water partition coefficient (Wildman–Crippen LogP) is 2.64. The summed E-state index contributed by atoms with van der Waals surface area (Å²) in [6.07, 6.45) is 6.52. The summed E-state index contributed by atoms with van der Waals surface area (Å²) in [4.78, 5) is 8.16. The summed E-state index contributed by atoms with van der Waals surface area (Å²) in [6.45, 7) is 0. The molecule has 2 fully saturated rings. The molecule has 0 radical (unpaired) electrons. The standard InChI is InChI=1S/C15H19N3/c1-2-4-14-13(3-1)17-15(18-14)9-10-7-11-5-6-12(8-10)16-11/h1-4,10-12,16H,5-9H2,(H,17,18). The van der Waals surface area contributed by atoms with Gasteiger partial charge in [0.1, 0.15) is 5.82 Å². The van der Waals surface area contributed by atoms with Gasteiger partial charge in [0.2, 0.25) is 0 Å². The first kappa shape index (κ1) is 10.6. The normalized spacial score (nSPS) is 31.0. The van der Waals surface area contributed by atoms with Crippen LogP contribution in [0.3, 0.4) is 0 Å². The fourth-order valence-electron chi connectivity index (χ4n) is 3.72. The summed E-state index contributed by atoms with van der Waals surface area (Å²) >= 11 is 0. The topological polar surface area (TPSA) is 40.7 Å². The van der Waals surface area contributed by atoms with Crippen LogP contribution in [0.4, 0.5) is 0 Å². The Balaban J connectivity index is 1.54. The maximum Gasteiger partial charge on any atom is 0.107 e. The van der Waals surface area contributed by atoms with Gasteiger partial charge in [-0.25, -0.2) is 4.98 Å². The molecule has 2 aromatic rings. The van der Waals surface area contributed by atoms with Crippen molar-refractivity contribution >= 4 is 11.0 Å². The minimum absolute atomic E-state index is 0.776. The quantitative estimate of drug-likeness (QED) is 0.848. The number of benzene rings is 1. The molecule has 3 heterocycles. The van der Waals surface area contributed by atoms with Crippen LogP contribution in [0, 0.1) is 5.92 Å². The summed E-state index contributed by atoms with van der Waals surface area (Å²) in [5.41, 5.74) is 2.27. The molecule has 2 saturated heterocycles. The Bertz CT molecular complexity index is 515. The highest BCUT2D eigenvalue weighted by Crippen LogP contribution is 2.32. The minimum atomic E-state index is 0.776. The average Bonchev–Trinajstić information content (AvgIpc) is 2.92. The van der Waals surface area contributed by atoms with Gasteiger partial charge >= 0.3 is 0 Å². The first-order valence-electron chi connectivity index (χ1n) is 7.06. The second-order valence-corrected chi connectivity index (χ2v) is 5.88. The maximum absolute atomic E-state index is 4.70. The molecule has 0 spiro atoms. The summed E-state index contributed by atoms with van der Waals surface area (Å²) in [6, 6.07) is 9.86. The number of hydrogen-bond acceptors (Lipinski definition) is 2. The average molecular weight is 241 g/mol. The Morgan fingerprint density at radius 2 is 1.89 bits per heavy atom. The molecular formula is C15H19N3. The van der Waals surface area contributed by atoms with E-state index in [1.54, 1.807) is 0 Å². The molecule has 2 bridgehead atoms. The molecular weight excluding hydrogens is 222 g/mol. The van der Waals surface area contributed by atoms with Crippen LogP contribution >= 0.6 is 0 Å². The van der Waals surface area contributed by atoms with Crippen molar-refractivity contribution in [2.75, 3.05) is 0 Å². The molecule has 0 amide bonds. The number of piperidine rings is 1. The zero-order valence-electron chi connectivity index (χ0n) is 10.5. The highest BCUT2D eigenvalue weighted by Gasteiger charge is 2.33. The van der Waals surface area contributed by atoms with Crippen LogP contribution in [0.1, 0.15) is 31.5 Å². The highest BCUT2D eigenvalue weighted by molar-refractivity contribution is 5.74. The van der Waals surface area contributed by atoms with Gasteiger partial charge in [-0.15, -0.1) is 0 Å². The lowest BCUT2D eigenvalue weighted by atomic mass is 9.89. The summed E-state index contributed by atoms with van der Waals surface area (Å²) in [5, 5.41) is 3.70. The zero-order valence-corrected chi connectivity index (χ0v) is 10.5. The zero-order chi connectivity index (χ0) is 11.9. The van der Waals surface area contributed by atoms with Crippen molar-refractivity contribution in [3.05, 3.63) is 30.1 Å². The number of aromatic amines is 1. The number of rotatable bonds is 2. The summed E-state index contributed by atoms with van der Waals surface area (Å²) in [7, 11) is 0. The Morgan fingerprint density at radius 3 is 2.67 bits per heavy atom. The van der Waals surface area contributed by atoms with E-state index in [0.717, 1.165) is 29.9 Å². The number of aromatic nitrogens is 2. The molecule has 2 aliphatic heterocycles. The first-order chi connectivity index (χ1) is 8.87. The van der Waals surface area contributed by atoms with Crippen LogP contribution in [0.25, 0.3) is 11.0 Å². The number of fused-ring (bicyclic) bond motifs is 3. The molecule has 2 aliphatic rings. The van der Waals surface area contributed by atoms with Gasteiger partial charge < -0.3 is 10.3 Å². The predicted molar refractivity (Wildman–Crippen MR) is 72.5 cm³/mol. The monoisotopic (exact) mass is 241 g/mol. The van der Waals surface area contributed by atoms with Crippen molar-refractivity contribution in [2.45, 2.75) is 44.2 Å². The molecule has 94 valence electrons. The third-order valence-electron chi connectivity index (χ3n) is 4.49. The number of H-pyrrole nitrogens is 1. The SMILES string of the molecule is c1ccc2[nH]c(CC3CC4CCC(C3)N4)nc2c1. The number of imidazole rings is 1.